The molecule has 1 saturated heterocycles. The van der Waals surface area contributed by atoms with E-state index in [1.807, 2.05) is 6.07 Å². The van der Waals surface area contributed by atoms with Crippen molar-refractivity contribution in [3.8, 4) is 0 Å². The normalized spacial score (nSPS) is 18.3. The standard InChI is InChI=1S/C17H24N4O4S/c1-17(2,3)25-16(22)21-9-8-13(11-21)26(23,24)19-14-7-5-6-12-10-18-20(4)15(12)14/h5-7,10,13,19H,8-9,11H2,1-4H3. The number of carbonyl (C=O) groups is 1. The van der Waals surface area contributed by atoms with Gasteiger partial charge in [-0.3, -0.25) is 9.40 Å². The van der Waals surface area contributed by atoms with Gasteiger partial charge in [-0.2, -0.15) is 5.10 Å². The van der Waals surface area contributed by atoms with Gasteiger partial charge >= 0.3 is 6.09 Å². The van der Waals surface area contributed by atoms with Crippen LogP contribution in [0, 0.1) is 0 Å². The van der Waals surface area contributed by atoms with Gasteiger partial charge in [-0.1, -0.05) is 12.1 Å². The second kappa shape index (κ2) is 6.46. The SMILES string of the molecule is Cn1ncc2cccc(NS(=O)(=O)C3CCN(C(=O)OC(C)(C)C)C3)c21. The first-order valence-corrected chi connectivity index (χ1v) is 10.0. The molecule has 1 aliphatic heterocycles. The number of anilines is 1. The van der Waals surface area contributed by atoms with E-state index in [2.05, 4.69) is 9.82 Å². The van der Waals surface area contributed by atoms with Crippen molar-refractivity contribution in [2.75, 3.05) is 17.8 Å². The zero-order valence-corrected chi connectivity index (χ0v) is 16.2. The maximum Gasteiger partial charge on any atom is 0.410 e. The first-order chi connectivity index (χ1) is 12.1. The molecule has 2 heterocycles. The number of ether oxygens (including phenoxy) is 1. The molecule has 2 aromatic rings. The van der Waals surface area contributed by atoms with Crippen LogP contribution in [-0.2, 0) is 21.8 Å². The minimum atomic E-state index is -3.65. The number of likely N-dealkylation sites (tertiary alicyclic amines) is 1. The van der Waals surface area contributed by atoms with Crippen LogP contribution in [0.15, 0.2) is 24.4 Å². The van der Waals surface area contributed by atoms with Crippen LogP contribution in [0.1, 0.15) is 27.2 Å². The molecule has 0 aliphatic carbocycles. The number of amides is 1. The Morgan fingerprint density at radius 1 is 1.35 bits per heavy atom. The number of sulfonamides is 1. The maximum atomic E-state index is 12.8. The van der Waals surface area contributed by atoms with Crippen molar-refractivity contribution in [2.45, 2.75) is 38.0 Å². The quantitative estimate of drug-likeness (QED) is 0.882. The zero-order valence-electron chi connectivity index (χ0n) is 15.4. The van der Waals surface area contributed by atoms with Gasteiger partial charge in [-0.05, 0) is 33.3 Å². The third kappa shape index (κ3) is 3.77. The van der Waals surface area contributed by atoms with Crippen LogP contribution >= 0.6 is 0 Å². The molecule has 0 bridgehead atoms. The summed E-state index contributed by atoms with van der Waals surface area (Å²) in [6.07, 6.45) is 1.58. The van der Waals surface area contributed by atoms with Gasteiger partial charge in [0, 0.05) is 25.5 Å². The van der Waals surface area contributed by atoms with E-state index in [-0.39, 0.29) is 6.54 Å². The number of nitrogens with one attached hydrogen (secondary N) is 1. The largest absolute Gasteiger partial charge is 0.444 e. The van der Waals surface area contributed by atoms with Gasteiger partial charge in [0.2, 0.25) is 10.0 Å². The summed E-state index contributed by atoms with van der Waals surface area (Å²) in [6.45, 7) is 5.82. The molecule has 0 saturated carbocycles. The van der Waals surface area contributed by atoms with Crippen LogP contribution in [0.3, 0.4) is 0 Å². The van der Waals surface area contributed by atoms with E-state index in [1.165, 1.54) is 4.90 Å². The molecule has 1 atom stereocenters. The molecule has 1 aromatic heterocycles. The molecule has 1 fully saturated rings. The lowest BCUT2D eigenvalue weighted by Crippen LogP contribution is -2.37. The predicted molar refractivity (Wildman–Crippen MR) is 99.5 cm³/mol. The topological polar surface area (TPSA) is 93.5 Å². The number of fused-ring (bicyclic) bond motifs is 1. The van der Waals surface area contributed by atoms with E-state index < -0.39 is 27.0 Å². The smallest absolute Gasteiger partial charge is 0.410 e. The summed E-state index contributed by atoms with van der Waals surface area (Å²) in [5.74, 6) is 0. The van der Waals surface area contributed by atoms with E-state index >= 15 is 0 Å². The molecule has 1 aromatic carbocycles. The minimum absolute atomic E-state index is 0.117. The van der Waals surface area contributed by atoms with E-state index in [9.17, 15) is 13.2 Å². The lowest BCUT2D eigenvalue weighted by Gasteiger charge is -2.24. The number of aryl methyl sites for hydroxylation is 1. The summed E-state index contributed by atoms with van der Waals surface area (Å²) in [7, 11) is -1.89. The lowest BCUT2D eigenvalue weighted by molar-refractivity contribution is 0.0295. The highest BCUT2D eigenvalue weighted by molar-refractivity contribution is 7.93. The van der Waals surface area contributed by atoms with Gasteiger partial charge in [0.25, 0.3) is 0 Å². The fraction of sp³-hybridized carbons (Fsp3) is 0.529. The number of nitrogens with zero attached hydrogens (tertiary/aromatic N) is 3. The molecule has 26 heavy (non-hydrogen) atoms. The second-order valence-corrected chi connectivity index (χ2v) is 9.46. The summed E-state index contributed by atoms with van der Waals surface area (Å²) in [4.78, 5) is 13.6. The summed E-state index contributed by atoms with van der Waals surface area (Å²) in [5.41, 5.74) is 0.595. The fourth-order valence-electron chi connectivity index (χ4n) is 3.03. The van der Waals surface area contributed by atoms with E-state index in [0.29, 0.717) is 18.7 Å². The Morgan fingerprint density at radius 2 is 2.08 bits per heavy atom. The van der Waals surface area contributed by atoms with Gasteiger partial charge in [-0.25, -0.2) is 13.2 Å². The highest BCUT2D eigenvalue weighted by Crippen LogP contribution is 2.26. The van der Waals surface area contributed by atoms with Gasteiger partial charge in [-0.15, -0.1) is 0 Å². The summed E-state index contributed by atoms with van der Waals surface area (Å²) in [6, 6.07) is 5.37. The second-order valence-electron chi connectivity index (χ2n) is 7.50. The first kappa shape index (κ1) is 18.5. The van der Waals surface area contributed by atoms with E-state index in [1.54, 1.807) is 50.8 Å². The van der Waals surface area contributed by atoms with Crippen molar-refractivity contribution in [1.82, 2.24) is 14.7 Å². The molecule has 1 unspecified atom stereocenters. The van der Waals surface area contributed by atoms with Crippen molar-refractivity contribution in [3.05, 3.63) is 24.4 Å². The molecular formula is C17H24N4O4S. The first-order valence-electron chi connectivity index (χ1n) is 8.47. The summed E-state index contributed by atoms with van der Waals surface area (Å²) < 4.78 is 35.3. The number of para-hydroxylation sites is 1. The van der Waals surface area contributed by atoms with Crippen molar-refractivity contribution in [1.29, 1.82) is 0 Å². The fourth-order valence-corrected chi connectivity index (χ4v) is 4.46. The molecule has 0 spiro atoms. The number of benzene rings is 1. The third-order valence-corrected chi connectivity index (χ3v) is 6.02. The van der Waals surface area contributed by atoms with Crippen LogP contribution in [0.25, 0.3) is 10.9 Å². The molecular weight excluding hydrogens is 356 g/mol. The molecule has 1 aliphatic rings. The third-order valence-electron chi connectivity index (χ3n) is 4.25. The van der Waals surface area contributed by atoms with Crippen LogP contribution in [0.5, 0.6) is 0 Å². The summed E-state index contributed by atoms with van der Waals surface area (Å²) in [5, 5.41) is 4.34. The average molecular weight is 380 g/mol. The number of aromatic nitrogens is 2. The van der Waals surface area contributed by atoms with Crippen molar-refractivity contribution in [2.24, 2.45) is 7.05 Å². The molecule has 8 nitrogen and oxygen atoms in total. The zero-order chi connectivity index (χ0) is 19.1. The monoisotopic (exact) mass is 380 g/mol. The Bertz CT molecular complexity index is 930. The van der Waals surface area contributed by atoms with Crippen molar-refractivity contribution in [3.63, 3.8) is 0 Å². The Morgan fingerprint density at radius 3 is 2.77 bits per heavy atom. The van der Waals surface area contributed by atoms with Gasteiger partial charge in [0.05, 0.1) is 22.7 Å². The van der Waals surface area contributed by atoms with Crippen LogP contribution < -0.4 is 4.72 Å². The molecule has 1 amide bonds. The lowest BCUT2D eigenvalue weighted by atomic mass is 10.2. The number of hydrogen-bond acceptors (Lipinski definition) is 5. The Kier molecular flexibility index (Phi) is 4.60. The molecule has 3 rings (SSSR count). The highest BCUT2D eigenvalue weighted by Gasteiger charge is 2.37. The predicted octanol–water partition coefficient (Wildman–Crippen LogP) is 2.32. The van der Waals surface area contributed by atoms with E-state index in [0.717, 1.165) is 10.9 Å². The van der Waals surface area contributed by atoms with Crippen molar-refractivity contribution >= 4 is 32.7 Å². The Labute approximate surface area is 153 Å². The van der Waals surface area contributed by atoms with Gasteiger partial charge in [0.1, 0.15) is 5.60 Å². The molecule has 9 heteroatoms. The molecule has 142 valence electrons. The van der Waals surface area contributed by atoms with E-state index in [4.69, 9.17) is 4.74 Å². The maximum absolute atomic E-state index is 12.8. The summed E-state index contributed by atoms with van der Waals surface area (Å²) >= 11 is 0. The van der Waals surface area contributed by atoms with Crippen LogP contribution in [0.2, 0.25) is 0 Å². The van der Waals surface area contributed by atoms with Crippen LogP contribution in [0.4, 0.5) is 10.5 Å². The van der Waals surface area contributed by atoms with Gasteiger partial charge < -0.3 is 9.64 Å². The number of hydrogen-bond donors (Lipinski definition) is 1. The number of rotatable bonds is 3. The average Bonchev–Trinajstić information content (AvgIpc) is 3.14. The van der Waals surface area contributed by atoms with Gasteiger partial charge in [0.15, 0.2) is 0 Å². The van der Waals surface area contributed by atoms with Crippen LogP contribution in [-0.4, -0.2) is 53.1 Å². The molecule has 0 radical (unpaired) electrons. The molecule has 1 N–H and O–H groups in total. The number of carbonyl (C=O) groups excluding carboxylic acids is 1. The Hall–Kier alpha value is -2.29. The highest BCUT2D eigenvalue weighted by atomic mass is 32.2. The Balaban J connectivity index is 1.75. The van der Waals surface area contributed by atoms with Crippen molar-refractivity contribution < 1.29 is 17.9 Å². The minimum Gasteiger partial charge on any atom is -0.444 e.